The second kappa shape index (κ2) is 7.63. The zero-order valence-corrected chi connectivity index (χ0v) is 13.4. The standard InChI is InChI=1S/C17H19NO6/c1-23-10-7-8-14(13(9-10)17(22)24-2)18-15(19)11-5-3-4-6-12(11)16(20)21/h3-4,7-9,11-12H,5-6H2,1-2H3,(H,18,19)(H,20,21)/t11-,12-/m1/s1. The van der Waals surface area contributed by atoms with Crippen LogP contribution < -0.4 is 10.1 Å². The highest BCUT2D eigenvalue weighted by Crippen LogP contribution is 2.29. The maximum absolute atomic E-state index is 12.5. The van der Waals surface area contributed by atoms with Crippen molar-refractivity contribution in [3.8, 4) is 5.75 Å². The summed E-state index contributed by atoms with van der Waals surface area (Å²) in [5.74, 6) is -3.11. The fraction of sp³-hybridized carbons (Fsp3) is 0.353. The molecule has 2 N–H and O–H groups in total. The number of allylic oxidation sites excluding steroid dienone is 2. The van der Waals surface area contributed by atoms with Crippen LogP contribution in [0.2, 0.25) is 0 Å². The van der Waals surface area contributed by atoms with Crippen molar-refractivity contribution in [2.24, 2.45) is 11.8 Å². The lowest BCUT2D eigenvalue weighted by Gasteiger charge is -2.24. The van der Waals surface area contributed by atoms with Gasteiger partial charge in [-0.3, -0.25) is 9.59 Å². The van der Waals surface area contributed by atoms with Gasteiger partial charge in [0.05, 0.1) is 37.3 Å². The molecular weight excluding hydrogens is 314 g/mol. The molecule has 0 aromatic heterocycles. The molecule has 0 unspecified atom stereocenters. The van der Waals surface area contributed by atoms with Crippen molar-refractivity contribution in [1.29, 1.82) is 0 Å². The molecule has 2 rings (SSSR count). The predicted octanol–water partition coefficient (Wildman–Crippen LogP) is 2.09. The molecule has 0 spiro atoms. The van der Waals surface area contributed by atoms with Gasteiger partial charge in [-0.1, -0.05) is 12.2 Å². The number of ether oxygens (including phenoxy) is 2. The van der Waals surface area contributed by atoms with E-state index in [1.54, 1.807) is 18.2 Å². The van der Waals surface area contributed by atoms with Gasteiger partial charge in [-0.05, 0) is 31.0 Å². The third-order valence-electron chi connectivity index (χ3n) is 3.98. The quantitative estimate of drug-likeness (QED) is 0.632. The highest BCUT2D eigenvalue weighted by Gasteiger charge is 2.34. The van der Waals surface area contributed by atoms with Crippen LogP contribution >= 0.6 is 0 Å². The number of carbonyl (C=O) groups excluding carboxylic acids is 2. The second-order valence-electron chi connectivity index (χ2n) is 5.39. The molecule has 7 nitrogen and oxygen atoms in total. The number of hydrogen-bond donors (Lipinski definition) is 2. The number of carboxylic acids is 1. The van der Waals surface area contributed by atoms with Crippen molar-refractivity contribution in [3.63, 3.8) is 0 Å². The van der Waals surface area contributed by atoms with E-state index in [9.17, 15) is 19.5 Å². The van der Waals surface area contributed by atoms with E-state index < -0.39 is 29.7 Å². The zero-order valence-electron chi connectivity index (χ0n) is 13.4. The van der Waals surface area contributed by atoms with Crippen LogP contribution in [0.25, 0.3) is 0 Å². The summed E-state index contributed by atoms with van der Waals surface area (Å²) in [5.41, 5.74) is 0.398. The molecule has 0 radical (unpaired) electrons. The van der Waals surface area contributed by atoms with Crippen LogP contribution in [0.1, 0.15) is 23.2 Å². The number of benzene rings is 1. The Morgan fingerprint density at radius 2 is 1.79 bits per heavy atom. The van der Waals surface area contributed by atoms with Crippen LogP contribution in [-0.2, 0) is 14.3 Å². The van der Waals surface area contributed by atoms with Crippen LogP contribution in [0.5, 0.6) is 5.75 Å². The number of amides is 1. The highest BCUT2D eigenvalue weighted by molar-refractivity contribution is 6.03. The number of rotatable bonds is 5. The zero-order chi connectivity index (χ0) is 17.7. The minimum atomic E-state index is -1.01. The SMILES string of the molecule is COC(=O)c1cc(OC)ccc1NC(=O)[C@@H]1CC=CC[C@H]1C(=O)O. The molecule has 0 heterocycles. The van der Waals surface area contributed by atoms with Gasteiger partial charge in [0.1, 0.15) is 5.75 Å². The topological polar surface area (TPSA) is 102 Å². The lowest BCUT2D eigenvalue weighted by molar-refractivity contribution is -0.146. The Balaban J connectivity index is 2.26. The van der Waals surface area contributed by atoms with Crippen LogP contribution in [0.4, 0.5) is 5.69 Å². The number of nitrogens with one attached hydrogen (secondary N) is 1. The van der Waals surface area contributed by atoms with Gasteiger partial charge in [0.25, 0.3) is 0 Å². The van der Waals surface area contributed by atoms with E-state index in [1.165, 1.54) is 26.4 Å². The number of methoxy groups -OCH3 is 2. The second-order valence-corrected chi connectivity index (χ2v) is 5.39. The Bertz CT molecular complexity index is 682. The molecule has 1 aromatic carbocycles. The van der Waals surface area contributed by atoms with Gasteiger partial charge in [0.2, 0.25) is 5.91 Å². The third kappa shape index (κ3) is 3.73. The molecule has 2 atom stereocenters. The van der Waals surface area contributed by atoms with Crippen LogP contribution in [0, 0.1) is 11.8 Å². The summed E-state index contributed by atoms with van der Waals surface area (Å²) in [5, 5.41) is 11.9. The Morgan fingerprint density at radius 1 is 1.12 bits per heavy atom. The minimum absolute atomic E-state index is 0.142. The average Bonchev–Trinajstić information content (AvgIpc) is 2.61. The summed E-state index contributed by atoms with van der Waals surface area (Å²) >= 11 is 0. The molecule has 24 heavy (non-hydrogen) atoms. The first kappa shape index (κ1) is 17.5. The van der Waals surface area contributed by atoms with Crippen molar-refractivity contribution < 1.29 is 29.0 Å². The van der Waals surface area contributed by atoms with Crippen molar-refractivity contribution in [2.45, 2.75) is 12.8 Å². The van der Waals surface area contributed by atoms with E-state index in [0.717, 1.165) is 0 Å². The molecule has 1 aliphatic rings. The number of carboxylic acid groups (broad SMARTS) is 1. The predicted molar refractivity (Wildman–Crippen MR) is 86.0 cm³/mol. The summed E-state index contributed by atoms with van der Waals surface area (Å²) in [4.78, 5) is 35.7. The van der Waals surface area contributed by atoms with Crippen LogP contribution in [-0.4, -0.2) is 37.2 Å². The van der Waals surface area contributed by atoms with Crippen molar-refractivity contribution in [3.05, 3.63) is 35.9 Å². The monoisotopic (exact) mass is 333 g/mol. The summed E-state index contributed by atoms with van der Waals surface area (Å²) in [6.45, 7) is 0. The molecule has 7 heteroatoms. The Labute approximate surface area is 139 Å². The van der Waals surface area contributed by atoms with Crippen molar-refractivity contribution in [2.75, 3.05) is 19.5 Å². The molecular formula is C17H19NO6. The van der Waals surface area contributed by atoms with Gasteiger partial charge >= 0.3 is 11.9 Å². The molecule has 0 fully saturated rings. The maximum atomic E-state index is 12.5. The molecule has 1 aliphatic carbocycles. The molecule has 1 aromatic rings. The fourth-order valence-electron chi connectivity index (χ4n) is 2.64. The lowest BCUT2D eigenvalue weighted by atomic mass is 9.82. The van der Waals surface area contributed by atoms with E-state index in [-0.39, 0.29) is 11.3 Å². The maximum Gasteiger partial charge on any atom is 0.340 e. The first-order valence-corrected chi connectivity index (χ1v) is 7.43. The number of esters is 1. The molecule has 0 aliphatic heterocycles. The van der Waals surface area contributed by atoms with E-state index >= 15 is 0 Å². The van der Waals surface area contributed by atoms with Gasteiger partial charge in [0, 0.05) is 0 Å². The summed E-state index contributed by atoms with van der Waals surface area (Å²) in [6.07, 6.45) is 4.20. The molecule has 0 bridgehead atoms. The number of anilines is 1. The summed E-state index contributed by atoms with van der Waals surface area (Å²) < 4.78 is 9.78. The van der Waals surface area contributed by atoms with Crippen molar-refractivity contribution in [1.82, 2.24) is 0 Å². The Kier molecular flexibility index (Phi) is 5.57. The first-order valence-electron chi connectivity index (χ1n) is 7.43. The lowest BCUT2D eigenvalue weighted by Crippen LogP contribution is -2.35. The van der Waals surface area contributed by atoms with Gasteiger partial charge in [-0.15, -0.1) is 0 Å². The summed E-state index contributed by atoms with van der Waals surface area (Å²) in [6, 6.07) is 4.58. The van der Waals surface area contributed by atoms with E-state index in [4.69, 9.17) is 9.47 Å². The normalized spacial score (nSPS) is 19.4. The largest absolute Gasteiger partial charge is 0.497 e. The Morgan fingerprint density at radius 3 is 2.38 bits per heavy atom. The summed E-state index contributed by atoms with van der Waals surface area (Å²) in [7, 11) is 2.69. The molecule has 128 valence electrons. The molecule has 0 saturated heterocycles. The molecule has 1 amide bonds. The first-order chi connectivity index (χ1) is 11.5. The Hall–Kier alpha value is -2.83. The fourth-order valence-corrected chi connectivity index (χ4v) is 2.64. The molecule has 0 saturated carbocycles. The number of hydrogen-bond acceptors (Lipinski definition) is 5. The number of aliphatic carboxylic acids is 1. The van der Waals surface area contributed by atoms with Gasteiger partial charge < -0.3 is 19.9 Å². The van der Waals surface area contributed by atoms with Crippen molar-refractivity contribution >= 4 is 23.5 Å². The minimum Gasteiger partial charge on any atom is -0.497 e. The van der Waals surface area contributed by atoms with Gasteiger partial charge in [-0.2, -0.15) is 0 Å². The average molecular weight is 333 g/mol. The van der Waals surface area contributed by atoms with E-state index in [0.29, 0.717) is 18.6 Å². The smallest absolute Gasteiger partial charge is 0.340 e. The number of carbonyl (C=O) groups is 3. The third-order valence-corrected chi connectivity index (χ3v) is 3.98. The van der Waals surface area contributed by atoms with E-state index in [2.05, 4.69) is 5.32 Å². The van der Waals surface area contributed by atoms with Crippen LogP contribution in [0.3, 0.4) is 0 Å². The highest BCUT2D eigenvalue weighted by atomic mass is 16.5. The van der Waals surface area contributed by atoms with Gasteiger partial charge in [0.15, 0.2) is 0 Å². The van der Waals surface area contributed by atoms with E-state index in [1.807, 2.05) is 0 Å². The van der Waals surface area contributed by atoms with Gasteiger partial charge in [-0.25, -0.2) is 4.79 Å². The van der Waals surface area contributed by atoms with Crippen LogP contribution in [0.15, 0.2) is 30.4 Å².